The predicted octanol–water partition coefficient (Wildman–Crippen LogP) is 3.91. The number of hydrogen-bond donors (Lipinski definition) is 1. The molecule has 170 valence electrons. The third kappa shape index (κ3) is 6.52. The normalized spacial score (nSPS) is 11.6. The second kappa shape index (κ2) is 10.3. The fraction of sp³-hybridized carbons (Fsp3) is 0.350. The van der Waals surface area contributed by atoms with Crippen LogP contribution in [0.25, 0.3) is 0 Å². The van der Waals surface area contributed by atoms with Crippen molar-refractivity contribution >= 4 is 27.5 Å². The van der Waals surface area contributed by atoms with Crippen molar-refractivity contribution in [2.24, 2.45) is 0 Å². The number of nitrogens with one attached hydrogen (secondary N) is 1. The number of methoxy groups -OCH3 is 1. The molecular formula is C20H23ClF2N2O5S. The van der Waals surface area contributed by atoms with Gasteiger partial charge < -0.3 is 14.4 Å². The van der Waals surface area contributed by atoms with E-state index in [9.17, 15) is 22.0 Å². The maximum absolute atomic E-state index is 12.9. The van der Waals surface area contributed by atoms with Crippen LogP contribution in [0.3, 0.4) is 0 Å². The van der Waals surface area contributed by atoms with Crippen LogP contribution >= 0.6 is 11.6 Å². The van der Waals surface area contributed by atoms with E-state index in [-0.39, 0.29) is 39.6 Å². The Bertz CT molecular complexity index is 1050. The molecule has 1 N–H and O–H groups in total. The van der Waals surface area contributed by atoms with E-state index in [4.69, 9.17) is 16.3 Å². The van der Waals surface area contributed by atoms with Gasteiger partial charge >= 0.3 is 6.61 Å². The van der Waals surface area contributed by atoms with Gasteiger partial charge in [-0.1, -0.05) is 17.7 Å². The first-order chi connectivity index (χ1) is 14.4. The summed E-state index contributed by atoms with van der Waals surface area (Å²) in [5.41, 5.74) is 0.594. The van der Waals surface area contributed by atoms with Crippen molar-refractivity contribution in [2.45, 2.75) is 37.9 Å². The summed E-state index contributed by atoms with van der Waals surface area (Å²) < 4.78 is 61.7. The first-order valence-corrected chi connectivity index (χ1v) is 11.0. The van der Waals surface area contributed by atoms with Gasteiger partial charge in [-0.25, -0.2) is 13.1 Å². The Kier molecular flexibility index (Phi) is 8.21. The molecule has 2 aromatic carbocycles. The van der Waals surface area contributed by atoms with Crippen LogP contribution in [0.15, 0.2) is 41.3 Å². The number of amides is 1. The Morgan fingerprint density at radius 3 is 2.42 bits per heavy atom. The molecule has 0 bridgehead atoms. The average molecular weight is 477 g/mol. The van der Waals surface area contributed by atoms with Crippen LogP contribution in [0.4, 0.5) is 8.78 Å². The maximum atomic E-state index is 12.9. The Morgan fingerprint density at radius 1 is 1.16 bits per heavy atom. The molecule has 0 saturated carbocycles. The molecule has 0 aromatic heterocycles. The van der Waals surface area contributed by atoms with E-state index in [2.05, 4.69) is 9.46 Å². The van der Waals surface area contributed by atoms with Crippen LogP contribution in [0.5, 0.6) is 11.5 Å². The molecule has 11 heteroatoms. The van der Waals surface area contributed by atoms with Gasteiger partial charge in [-0.3, -0.25) is 4.79 Å². The zero-order valence-corrected chi connectivity index (χ0v) is 18.9. The fourth-order valence-corrected chi connectivity index (χ4v) is 4.24. The SMILES string of the molecule is COc1cc(CN(C)C(=O)c2cc(S(=O)(=O)NC(C)C)ccc2Cl)ccc1OC(F)F. The summed E-state index contributed by atoms with van der Waals surface area (Å²) in [4.78, 5) is 14.1. The summed E-state index contributed by atoms with van der Waals surface area (Å²) >= 11 is 6.14. The number of rotatable bonds is 9. The first kappa shape index (κ1) is 24.8. The maximum Gasteiger partial charge on any atom is 0.387 e. The molecule has 0 spiro atoms. The van der Waals surface area contributed by atoms with Crippen molar-refractivity contribution in [1.29, 1.82) is 0 Å². The molecular weight excluding hydrogens is 454 g/mol. The summed E-state index contributed by atoms with van der Waals surface area (Å²) in [6.07, 6.45) is 0. The van der Waals surface area contributed by atoms with Gasteiger partial charge in [0.25, 0.3) is 5.91 Å². The minimum Gasteiger partial charge on any atom is -0.493 e. The number of ether oxygens (including phenoxy) is 2. The Hall–Kier alpha value is -2.43. The van der Waals surface area contributed by atoms with Crippen molar-refractivity contribution in [3.8, 4) is 11.5 Å². The van der Waals surface area contributed by atoms with E-state index in [0.717, 1.165) is 0 Å². The van der Waals surface area contributed by atoms with Gasteiger partial charge in [-0.05, 0) is 49.7 Å². The van der Waals surface area contributed by atoms with Gasteiger partial charge in [0.2, 0.25) is 10.0 Å². The van der Waals surface area contributed by atoms with Crippen LogP contribution in [0.2, 0.25) is 5.02 Å². The largest absolute Gasteiger partial charge is 0.493 e. The molecule has 0 aliphatic heterocycles. The average Bonchev–Trinajstić information content (AvgIpc) is 2.67. The smallest absolute Gasteiger partial charge is 0.387 e. The molecule has 1 amide bonds. The Balaban J connectivity index is 2.26. The highest BCUT2D eigenvalue weighted by atomic mass is 35.5. The molecule has 0 atom stereocenters. The fourth-order valence-electron chi connectivity index (χ4n) is 2.77. The van der Waals surface area contributed by atoms with Gasteiger partial charge in [0, 0.05) is 19.6 Å². The van der Waals surface area contributed by atoms with E-state index in [1.807, 2.05) is 0 Å². The molecule has 0 saturated heterocycles. The number of carbonyl (C=O) groups excluding carboxylic acids is 1. The number of halogens is 3. The minimum atomic E-state index is -3.81. The lowest BCUT2D eigenvalue weighted by Gasteiger charge is -2.20. The van der Waals surface area contributed by atoms with Gasteiger partial charge in [-0.15, -0.1) is 0 Å². The standard InChI is InChI=1S/C20H23ClF2N2O5S/c1-12(2)24-31(27,28)14-6-7-16(21)15(10-14)19(26)25(3)11-13-5-8-17(30-20(22)23)18(9-13)29-4/h5-10,12,20,24H,11H2,1-4H3. The topological polar surface area (TPSA) is 84.9 Å². The predicted molar refractivity (Wildman–Crippen MR) is 112 cm³/mol. The molecule has 0 aliphatic carbocycles. The molecule has 0 unspecified atom stereocenters. The molecule has 0 aliphatic rings. The summed E-state index contributed by atoms with van der Waals surface area (Å²) in [7, 11) is -1.00. The van der Waals surface area contributed by atoms with Crippen molar-refractivity contribution in [1.82, 2.24) is 9.62 Å². The monoisotopic (exact) mass is 476 g/mol. The lowest BCUT2D eigenvalue weighted by Crippen LogP contribution is -2.31. The third-order valence-corrected chi connectivity index (χ3v) is 6.07. The second-order valence-electron chi connectivity index (χ2n) is 6.94. The Morgan fingerprint density at radius 2 is 1.84 bits per heavy atom. The van der Waals surface area contributed by atoms with Crippen LogP contribution in [-0.4, -0.2) is 46.0 Å². The lowest BCUT2D eigenvalue weighted by atomic mass is 10.1. The zero-order chi connectivity index (χ0) is 23.3. The second-order valence-corrected chi connectivity index (χ2v) is 9.06. The number of alkyl halides is 2. The van der Waals surface area contributed by atoms with E-state index in [1.165, 1.54) is 55.5 Å². The Labute approximate surface area is 185 Å². The van der Waals surface area contributed by atoms with Crippen LogP contribution in [0, 0.1) is 0 Å². The highest BCUT2D eigenvalue weighted by Crippen LogP contribution is 2.30. The van der Waals surface area contributed by atoms with Crippen LogP contribution < -0.4 is 14.2 Å². The number of carbonyl (C=O) groups is 1. The summed E-state index contributed by atoms with van der Waals surface area (Å²) in [6.45, 7) is 0.444. The van der Waals surface area contributed by atoms with Gasteiger partial charge in [0.1, 0.15) is 0 Å². The van der Waals surface area contributed by atoms with Gasteiger partial charge in [0.15, 0.2) is 11.5 Å². The molecule has 31 heavy (non-hydrogen) atoms. The van der Waals surface area contributed by atoms with Crippen molar-refractivity contribution in [3.63, 3.8) is 0 Å². The number of benzene rings is 2. The molecule has 0 heterocycles. The number of nitrogens with zero attached hydrogens (tertiary/aromatic N) is 1. The van der Waals surface area contributed by atoms with Crippen molar-refractivity contribution < 1.29 is 31.5 Å². The summed E-state index contributed by atoms with van der Waals surface area (Å²) in [6, 6.07) is 7.85. The number of hydrogen-bond acceptors (Lipinski definition) is 5. The molecule has 2 aromatic rings. The van der Waals surface area contributed by atoms with Crippen LogP contribution in [-0.2, 0) is 16.6 Å². The van der Waals surface area contributed by atoms with Gasteiger partial charge in [-0.2, -0.15) is 8.78 Å². The van der Waals surface area contributed by atoms with E-state index in [1.54, 1.807) is 13.8 Å². The molecule has 2 rings (SSSR count). The number of sulfonamides is 1. The highest BCUT2D eigenvalue weighted by molar-refractivity contribution is 7.89. The van der Waals surface area contributed by atoms with Crippen molar-refractivity contribution in [2.75, 3.05) is 14.2 Å². The zero-order valence-electron chi connectivity index (χ0n) is 17.4. The molecule has 7 nitrogen and oxygen atoms in total. The highest BCUT2D eigenvalue weighted by Gasteiger charge is 2.22. The van der Waals surface area contributed by atoms with Crippen molar-refractivity contribution in [3.05, 3.63) is 52.5 Å². The van der Waals surface area contributed by atoms with E-state index < -0.39 is 22.5 Å². The quantitative estimate of drug-likeness (QED) is 0.593. The third-order valence-electron chi connectivity index (χ3n) is 4.08. The molecule has 0 radical (unpaired) electrons. The van der Waals surface area contributed by atoms with E-state index >= 15 is 0 Å². The minimum absolute atomic E-state index is 0.0143. The van der Waals surface area contributed by atoms with E-state index in [0.29, 0.717) is 5.56 Å². The van der Waals surface area contributed by atoms with Crippen LogP contribution in [0.1, 0.15) is 29.8 Å². The lowest BCUT2D eigenvalue weighted by molar-refractivity contribution is -0.0512. The molecule has 0 fully saturated rings. The van der Waals surface area contributed by atoms with Gasteiger partial charge in [0.05, 0.1) is 22.6 Å². The first-order valence-electron chi connectivity index (χ1n) is 9.13. The summed E-state index contributed by atoms with van der Waals surface area (Å²) in [5.74, 6) is -0.558. The summed E-state index contributed by atoms with van der Waals surface area (Å²) in [5, 5.41) is 0.0959.